The second kappa shape index (κ2) is 10.2. The summed E-state index contributed by atoms with van der Waals surface area (Å²) < 4.78 is 10.6. The summed E-state index contributed by atoms with van der Waals surface area (Å²) in [6, 6.07) is 4.97. The minimum absolute atomic E-state index is 0.173. The maximum Gasteiger partial charge on any atom is 0.321 e. The second-order valence-electron chi connectivity index (χ2n) is 7.08. The van der Waals surface area contributed by atoms with E-state index in [-0.39, 0.29) is 11.9 Å². The number of imide groups is 1. The molecule has 0 saturated heterocycles. The fraction of sp³-hybridized carbons (Fsp3) is 0.600. The van der Waals surface area contributed by atoms with Crippen LogP contribution in [0.15, 0.2) is 18.2 Å². The third-order valence-corrected chi connectivity index (χ3v) is 5.10. The van der Waals surface area contributed by atoms with Crippen LogP contribution in [0.2, 0.25) is 0 Å². The number of nitrogens with one attached hydrogen (secondary N) is 2. The molecule has 1 fully saturated rings. The fourth-order valence-corrected chi connectivity index (χ4v) is 3.29. The number of benzene rings is 1. The van der Waals surface area contributed by atoms with E-state index >= 15 is 0 Å². The molecule has 0 unspecified atom stereocenters. The SMILES string of the molecule is COc1ccc(CN(C)[C@@H](C)C(=O)NC(=O)NC2CCCCC2)cc1OC. The highest BCUT2D eigenvalue weighted by atomic mass is 16.5. The van der Waals surface area contributed by atoms with E-state index in [1.165, 1.54) is 6.42 Å². The van der Waals surface area contributed by atoms with E-state index in [0.717, 1.165) is 31.2 Å². The van der Waals surface area contributed by atoms with Crippen molar-refractivity contribution in [3.05, 3.63) is 23.8 Å². The van der Waals surface area contributed by atoms with Crippen molar-refractivity contribution in [2.75, 3.05) is 21.3 Å². The number of rotatable bonds is 7. The first kappa shape index (κ1) is 21.0. The van der Waals surface area contributed by atoms with Crippen molar-refractivity contribution in [3.63, 3.8) is 0 Å². The van der Waals surface area contributed by atoms with Gasteiger partial charge in [0.15, 0.2) is 11.5 Å². The van der Waals surface area contributed by atoms with Gasteiger partial charge in [0.2, 0.25) is 5.91 Å². The van der Waals surface area contributed by atoms with Crippen LogP contribution in [0.5, 0.6) is 11.5 Å². The Labute approximate surface area is 161 Å². The summed E-state index contributed by atoms with van der Waals surface area (Å²) in [5.41, 5.74) is 0.987. The molecule has 0 heterocycles. The number of hydrogen-bond acceptors (Lipinski definition) is 5. The first-order chi connectivity index (χ1) is 12.9. The first-order valence-electron chi connectivity index (χ1n) is 9.47. The quantitative estimate of drug-likeness (QED) is 0.764. The Kier molecular flexibility index (Phi) is 7.91. The van der Waals surface area contributed by atoms with Crippen molar-refractivity contribution in [2.45, 2.75) is 57.7 Å². The monoisotopic (exact) mass is 377 g/mol. The van der Waals surface area contributed by atoms with Crippen LogP contribution in [-0.2, 0) is 11.3 Å². The topological polar surface area (TPSA) is 79.9 Å². The number of nitrogens with zero attached hydrogens (tertiary/aromatic N) is 1. The first-order valence-corrected chi connectivity index (χ1v) is 9.47. The van der Waals surface area contributed by atoms with Gasteiger partial charge in [-0.3, -0.25) is 15.0 Å². The molecule has 3 amide bonds. The molecule has 0 bridgehead atoms. The molecule has 2 rings (SSSR count). The summed E-state index contributed by atoms with van der Waals surface area (Å²) in [4.78, 5) is 26.3. The fourth-order valence-electron chi connectivity index (χ4n) is 3.29. The smallest absolute Gasteiger partial charge is 0.321 e. The van der Waals surface area contributed by atoms with E-state index in [9.17, 15) is 9.59 Å². The molecular formula is C20H31N3O4. The molecule has 1 aromatic carbocycles. The minimum Gasteiger partial charge on any atom is -0.493 e. The summed E-state index contributed by atoms with van der Waals surface area (Å²) in [5, 5.41) is 5.36. The van der Waals surface area contributed by atoms with Crippen molar-refractivity contribution >= 4 is 11.9 Å². The largest absolute Gasteiger partial charge is 0.493 e. The van der Waals surface area contributed by atoms with E-state index in [2.05, 4.69) is 10.6 Å². The summed E-state index contributed by atoms with van der Waals surface area (Å²) in [6.07, 6.45) is 5.44. The van der Waals surface area contributed by atoms with Crippen LogP contribution in [0, 0.1) is 0 Å². The van der Waals surface area contributed by atoms with E-state index < -0.39 is 12.1 Å². The number of hydrogen-bond donors (Lipinski definition) is 2. The van der Waals surface area contributed by atoms with Gasteiger partial charge in [-0.1, -0.05) is 25.3 Å². The number of carbonyl (C=O) groups excluding carboxylic acids is 2. The Morgan fingerprint density at radius 3 is 2.44 bits per heavy atom. The van der Waals surface area contributed by atoms with E-state index in [1.807, 2.05) is 30.1 Å². The Morgan fingerprint density at radius 1 is 1.15 bits per heavy atom. The molecule has 0 spiro atoms. The van der Waals surface area contributed by atoms with E-state index in [1.54, 1.807) is 21.1 Å². The van der Waals surface area contributed by atoms with Gasteiger partial charge in [-0.05, 0) is 44.5 Å². The average molecular weight is 377 g/mol. The number of ether oxygens (including phenoxy) is 2. The zero-order valence-corrected chi connectivity index (χ0v) is 16.7. The van der Waals surface area contributed by atoms with Gasteiger partial charge in [-0.15, -0.1) is 0 Å². The molecule has 150 valence electrons. The van der Waals surface area contributed by atoms with Gasteiger partial charge in [-0.2, -0.15) is 0 Å². The lowest BCUT2D eigenvalue weighted by Crippen LogP contribution is -2.50. The molecule has 0 radical (unpaired) electrons. The second-order valence-corrected chi connectivity index (χ2v) is 7.08. The zero-order chi connectivity index (χ0) is 19.8. The molecule has 1 aliphatic carbocycles. The van der Waals surface area contributed by atoms with Crippen LogP contribution in [0.3, 0.4) is 0 Å². The summed E-state index contributed by atoms with van der Waals surface area (Å²) in [7, 11) is 5.03. The van der Waals surface area contributed by atoms with Crippen LogP contribution in [-0.4, -0.2) is 50.2 Å². The average Bonchev–Trinajstić information content (AvgIpc) is 2.67. The van der Waals surface area contributed by atoms with Crippen LogP contribution in [0.1, 0.15) is 44.6 Å². The van der Waals surface area contributed by atoms with Gasteiger partial charge in [0.25, 0.3) is 0 Å². The van der Waals surface area contributed by atoms with Gasteiger partial charge in [-0.25, -0.2) is 4.79 Å². The molecule has 0 aliphatic heterocycles. The molecule has 7 heteroatoms. The number of urea groups is 1. The number of carbonyl (C=O) groups is 2. The highest BCUT2D eigenvalue weighted by molar-refractivity contribution is 5.96. The Morgan fingerprint density at radius 2 is 1.81 bits per heavy atom. The Bertz CT molecular complexity index is 644. The van der Waals surface area contributed by atoms with Crippen LogP contribution >= 0.6 is 0 Å². The number of methoxy groups -OCH3 is 2. The van der Waals surface area contributed by atoms with Gasteiger partial charge in [0.05, 0.1) is 20.3 Å². The maximum absolute atomic E-state index is 12.4. The van der Waals surface area contributed by atoms with E-state index in [0.29, 0.717) is 18.0 Å². The Balaban J connectivity index is 1.86. The van der Waals surface area contributed by atoms with Gasteiger partial charge in [0.1, 0.15) is 0 Å². The molecule has 2 N–H and O–H groups in total. The van der Waals surface area contributed by atoms with Crippen molar-refractivity contribution in [2.24, 2.45) is 0 Å². The molecule has 1 aromatic rings. The van der Waals surface area contributed by atoms with Crippen molar-refractivity contribution in [3.8, 4) is 11.5 Å². The van der Waals surface area contributed by atoms with Crippen molar-refractivity contribution in [1.29, 1.82) is 0 Å². The lowest BCUT2D eigenvalue weighted by molar-refractivity contribution is -0.124. The molecule has 7 nitrogen and oxygen atoms in total. The standard InChI is InChI=1S/C20H31N3O4/c1-14(19(24)22-20(25)21-16-8-6-5-7-9-16)23(2)13-15-10-11-17(26-3)18(12-15)27-4/h10-12,14,16H,5-9,13H2,1-4H3,(H2,21,22,24,25)/t14-/m0/s1. The van der Waals surface area contributed by atoms with Crippen LogP contribution in [0.25, 0.3) is 0 Å². The summed E-state index contributed by atoms with van der Waals surface area (Å²) in [5.74, 6) is 0.993. The lowest BCUT2D eigenvalue weighted by Gasteiger charge is -2.25. The molecule has 1 saturated carbocycles. The molecule has 27 heavy (non-hydrogen) atoms. The third kappa shape index (κ3) is 6.13. The number of amides is 3. The van der Waals surface area contributed by atoms with Crippen molar-refractivity contribution in [1.82, 2.24) is 15.5 Å². The van der Waals surface area contributed by atoms with Crippen LogP contribution < -0.4 is 20.1 Å². The molecule has 1 aliphatic rings. The van der Waals surface area contributed by atoms with Crippen LogP contribution in [0.4, 0.5) is 4.79 Å². The predicted octanol–water partition coefficient (Wildman–Crippen LogP) is 2.68. The minimum atomic E-state index is -0.449. The van der Waals surface area contributed by atoms with E-state index in [4.69, 9.17) is 9.47 Å². The Hall–Kier alpha value is -2.28. The third-order valence-electron chi connectivity index (χ3n) is 5.10. The highest BCUT2D eigenvalue weighted by Gasteiger charge is 2.22. The predicted molar refractivity (Wildman–Crippen MR) is 104 cm³/mol. The van der Waals surface area contributed by atoms with Gasteiger partial charge < -0.3 is 14.8 Å². The molecular weight excluding hydrogens is 346 g/mol. The van der Waals surface area contributed by atoms with Crippen molar-refractivity contribution < 1.29 is 19.1 Å². The van der Waals surface area contributed by atoms with Gasteiger partial charge in [0, 0.05) is 12.6 Å². The maximum atomic E-state index is 12.4. The lowest BCUT2D eigenvalue weighted by atomic mass is 9.96. The normalized spacial score (nSPS) is 15.9. The summed E-state index contributed by atoms with van der Waals surface area (Å²) in [6.45, 7) is 2.32. The zero-order valence-electron chi connectivity index (χ0n) is 16.7. The van der Waals surface area contributed by atoms with Gasteiger partial charge >= 0.3 is 6.03 Å². The molecule has 1 atom stereocenters. The molecule has 0 aromatic heterocycles. The summed E-state index contributed by atoms with van der Waals surface area (Å²) >= 11 is 0. The number of likely N-dealkylation sites (N-methyl/N-ethyl adjacent to an activating group) is 1. The highest BCUT2D eigenvalue weighted by Crippen LogP contribution is 2.28.